The molecule has 1 aliphatic carbocycles. The van der Waals surface area contributed by atoms with Crippen molar-refractivity contribution < 1.29 is 0 Å². The summed E-state index contributed by atoms with van der Waals surface area (Å²) in [7, 11) is 0. The maximum atomic E-state index is 6.30. The van der Waals surface area contributed by atoms with Gasteiger partial charge in [0.15, 0.2) is 0 Å². The van der Waals surface area contributed by atoms with Gasteiger partial charge in [-0.1, -0.05) is 44.2 Å². The first kappa shape index (κ1) is 14.0. The third kappa shape index (κ3) is 3.52. The topological polar surface area (TPSA) is 26.0 Å². The second-order valence-electron chi connectivity index (χ2n) is 5.48. The van der Waals surface area contributed by atoms with E-state index in [-0.39, 0.29) is 0 Å². The number of thioether (sulfide) groups is 1. The monoisotopic (exact) mass is 263 g/mol. The minimum Gasteiger partial charge on any atom is -0.327 e. The van der Waals surface area contributed by atoms with Crippen LogP contribution in [0.15, 0.2) is 30.3 Å². The Hall–Kier alpha value is -0.470. The van der Waals surface area contributed by atoms with Crippen LogP contribution in [0.25, 0.3) is 0 Å². The lowest BCUT2D eigenvalue weighted by Crippen LogP contribution is -2.38. The zero-order valence-electron chi connectivity index (χ0n) is 11.5. The molecule has 1 aliphatic rings. The van der Waals surface area contributed by atoms with Crippen LogP contribution >= 0.6 is 11.8 Å². The van der Waals surface area contributed by atoms with E-state index in [2.05, 4.69) is 55.9 Å². The fourth-order valence-corrected chi connectivity index (χ4v) is 4.20. The third-order valence-electron chi connectivity index (χ3n) is 4.10. The summed E-state index contributed by atoms with van der Waals surface area (Å²) in [6.45, 7) is 4.59. The van der Waals surface area contributed by atoms with Crippen molar-refractivity contribution in [2.75, 3.05) is 0 Å². The van der Waals surface area contributed by atoms with Crippen LogP contribution in [-0.4, -0.2) is 16.5 Å². The molecule has 0 radical (unpaired) electrons. The molecule has 0 bridgehead atoms. The van der Waals surface area contributed by atoms with E-state index >= 15 is 0 Å². The summed E-state index contributed by atoms with van der Waals surface area (Å²) in [5.74, 6) is 0.715. The lowest BCUT2D eigenvalue weighted by atomic mass is 9.82. The van der Waals surface area contributed by atoms with E-state index in [4.69, 9.17) is 5.73 Å². The van der Waals surface area contributed by atoms with Gasteiger partial charge in [-0.05, 0) is 37.2 Å². The smallest absolute Gasteiger partial charge is 0.0207 e. The average Bonchev–Trinajstić information content (AvgIpc) is 2.42. The Morgan fingerprint density at radius 3 is 2.67 bits per heavy atom. The van der Waals surface area contributed by atoms with Crippen molar-refractivity contribution in [3.05, 3.63) is 35.9 Å². The summed E-state index contributed by atoms with van der Waals surface area (Å²) < 4.78 is 0. The Kier molecular flexibility index (Phi) is 5.13. The summed E-state index contributed by atoms with van der Waals surface area (Å²) in [6, 6.07) is 11.3. The highest BCUT2D eigenvalue weighted by molar-refractivity contribution is 8.00. The first-order chi connectivity index (χ1) is 8.70. The van der Waals surface area contributed by atoms with Crippen LogP contribution < -0.4 is 5.73 Å². The van der Waals surface area contributed by atoms with Crippen molar-refractivity contribution in [3.63, 3.8) is 0 Å². The largest absolute Gasteiger partial charge is 0.327 e. The molecule has 100 valence electrons. The maximum Gasteiger partial charge on any atom is 0.0207 e. The molecule has 2 heteroatoms. The summed E-state index contributed by atoms with van der Waals surface area (Å²) >= 11 is 2.10. The normalized spacial score (nSPS) is 30.1. The van der Waals surface area contributed by atoms with Gasteiger partial charge in [0, 0.05) is 16.5 Å². The third-order valence-corrected chi connectivity index (χ3v) is 5.79. The molecule has 2 N–H and O–H groups in total. The molecule has 0 spiro atoms. The Labute approximate surface area is 116 Å². The van der Waals surface area contributed by atoms with E-state index in [1.165, 1.54) is 31.2 Å². The van der Waals surface area contributed by atoms with Crippen molar-refractivity contribution in [2.45, 2.75) is 62.0 Å². The average molecular weight is 263 g/mol. The highest BCUT2D eigenvalue weighted by Gasteiger charge is 2.30. The van der Waals surface area contributed by atoms with Gasteiger partial charge in [-0.15, -0.1) is 0 Å². The molecular weight excluding hydrogens is 238 g/mol. The predicted molar refractivity (Wildman–Crippen MR) is 82.1 cm³/mol. The van der Waals surface area contributed by atoms with Gasteiger partial charge in [-0.2, -0.15) is 11.8 Å². The standard InChI is InChI=1S/C16H25NS/c1-3-12(2)18-16-11-14(9-10-15(16)17)13-7-5-4-6-8-13/h4-8,12,14-16H,3,9-11,17H2,1-2H3. The van der Waals surface area contributed by atoms with Crippen LogP contribution in [0.5, 0.6) is 0 Å². The molecule has 2 rings (SSSR count). The van der Waals surface area contributed by atoms with Crippen molar-refractivity contribution >= 4 is 11.8 Å². The van der Waals surface area contributed by atoms with Crippen LogP contribution in [-0.2, 0) is 0 Å². The van der Waals surface area contributed by atoms with Crippen LogP contribution in [0.4, 0.5) is 0 Å². The zero-order valence-corrected chi connectivity index (χ0v) is 12.3. The van der Waals surface area contributed by atoms with Crippen LogP contribution in [0.3, 0.4) is 0 Å². The van der Waals surface area contributed by atoms with Gasteiger partial charge in [0.05, 0.1) is 0 Å². The molecule has 0 aromatic heterocycles. The fraction of sp³-hybridized carbons (Fsp3) is 0.625. The number of benzene rings is 1. The van der Waals surface area contributed by atoms with E-state index in [1.807, 2.05) is 0 Å². The van der Waals surface area contributed by atoms with Crippen molar-refractivity contribution in [3.8, 4) is 0 Å². The fourth-order valence-electron chi connectivity index (χ4n) is 2.73. The molecule has 18 heavy (non-hydrogen) atoms. The molecule has 1 aromatic carbocycles. The summed E-state index contributed by atoms with van der Waals surface area (Å²) in [5.41, 5.74) is 7.80. The molecule has 4 unspecified atom stereocenters. The van der Waals surface area contributed by atoms with E-state index in [0.717, 1.165) is 5.25 Å². The van der Waals surface area contributed by atoms with Crippen molar-refractivity contribution in [2.24, 2.45) is 5.73 Å². The Morgan fingerprint density at radius 1 is 1.28 bits per heavy atom. The molecule has 0 heterocycles. The summed E-state index contributed by atoms with van der Waals surface area (Å²) in [5, 5.41) is 1.37. The quantitative estimate of drug-likeness (QED) is 0.882. The number of rotatable bonds is 4. The molecule has 1 aromatic rings. The SMILES string of the molecule is CCC(C)SC1CC(c2ccccc2)CCC1N. The predicted octanol–water partition coefficient (Wildman–Crippen LogP) is 4.18. The Bertz CT molecular complexity index is 351. The van der Waals surface area contributed by atoms with Gasteiger partial charge in [0.1, 0.15) is 0 Å². The maximum absolute atomic E-state index is 6.30. The van der Waals surface area contributed by atoms with Crippen LogP contribution in [0.1, 0.15) is 51.0 Å². The number of nitrogens with two attached hydrogens (primary N) is 1. The summed E-state index contributed by atoms with van der Waals surface area (Å²) in [6.07, 6.45) is 4.92. The second-order valence-corrected chi connectivity index (χ2v) is 7.16. The molecule has 4 atom stereocenters. The minimum absolute atomic E-state index is 0.393. The van der Waals surface area contributed by atoms with Gasteiger partial charge in [-0.3, -0.25) is 0 Å². The molecule has 1 nitrogen and oxygen atoms in total. The molecule has 0 aliphatic heterocycles. The Morgan fingerprint density at radius 2 is 2.00 bits per heavy atom. The Balaban J connectivity index is 2.00. The van der Waals surface area contributed by atoms with Gasteiger partial charge < -0.3 is 5.73 Å². The molecular formula is C16H25NS. The van der Waals surface area contributed by atoms with Crippen molar-refractivity contribution in [1.82, 2.24) is 0 Å². The lowest BCUT2D eigenvalue weighted by molar-refractivity contribution is 0.405. The first-order valence-electron chi connectivity index (χ1n) is 7.16. The zero-order chi connectivity index (χ0) is 13.0. The van der Waals surface area contributed by atoms with E-state index in [0.29, 0.717) is 17.2 Å². The van der Waals surface area contributed by atoms with Crippen molar-refractivity contribution in [1.29, 1.82) is 0 Å². The number of hydrogen-bond donors (Lipinski definition) is 1. The molecule has 1 fully saturated rings. The van der Waals surface area contributed by atoms with Gasteiger partial charge in [0.25, 0.3) is 0 Å². The number of hydrogen-bond acceptors (Lipinski definition) is 2. The first-order valence-corrected chi connectivity index (χ1v) is 8.11. The van der Waals surface area contributed by atoms with Crippen LogP contribution in [0, 0.1) is 0 Å². The van der Waals surface area contributed by atoms with Gasteiger partial charge >= 0.3 is 0 Å². The van der Waals surface area contributed by atoms with E-state index in [1.54, 1.807) is 0 Å². The van der Waals surface area contributed by atoms with Crippen LogP contribution in [0.2, 0.25) is 0 Å². The highest BCUT2D eigenvalue weighted by atomic mass is 32.2. The highest BCUT2D eigenvalue weighted by Crippen LogP contribution is 2.39. The molecule has 1 saturated carbocycles. The second kappa shape index (κ2) is 6.63. The van der Waals surface area contributed by atoms with E-state index < -0.39 is 0 Å². The van der Waals surface area contributed by atoms with Gasteiger partial charge in [0.2, 0.25) is 0 Å². The van der Waals surface area contributed by atoms with E-state index in [9.17, 15) is 0 Å². The minimum atomic E-state index is 0.393. The molecule has 0 saturated heterocycles. The lowest BCUT2D eigenvalue weighted by Gasteiger charge is -2.35. The van der Waals surface area contributed by atoms with Gasteiger partial charge in [-0.25, -0.2) is 0 Å². The summed E-state index contributed by atoms with van der Waals surface area (Å²) in [4.78, 5) is 0. The molecule has 0 amide bonds.